The summed E-state index contributed by atoms with van der Waals surface area (Å²) < 4.78 is 0. The van der Waals surface area contributed by atoms with E-state index in [2.05, 4.69) is 20.8 Å². The normalized spacial score (nSPS) is 52.9. The Balaban J connectivity index is 1.61. The first-order valence-corrected chi connectivity index (χ1v) is 11.7. The van der Waals surface area contributed by atoms with Gasteiger partial charge in [-0.1, -0.05) is 27.7 Å². The zero-order valence-corrected chi connectivity index (χ0v) is 18.1. The summed E-state index contributed by atoms with van der Waals surface area (Å²) >= 11 is 0. The fraction of sp³-hybridized carbons (Fsp3) is 0.958. The minimum atomic E-state index is -0.679. The lowest BCUT2D eigenvalue weighted by Crippen LogP contribution is -2.58. The fourth-order valence-corrected chi connectivity index (χ4v) is 8.68. The first-order valence-electron chi connectivity index (χ1n) is 11.7. The molecule has 4 rings (SSSR count). The third-order valence-corrected chi connectivity index (χ3v) is 10.5. The molecule has 4 aliphatic carbocycles. The monoisotopic (exact) mass is 392 g/mol. The fourth-order valence-electron chi connectivity index (χ4n) is 8.68. The summed E-state index contributed by atoms with van der Waals surface area (Å²) in [6, 6.07) is 0. The lowest BCUT2D eigenvalue weighted by atomic mass is 9.43. The van der Waals surface area contributed by atoms with Crippen LogP contribution in [0.25, 0.3) is 0 Å². The van der Waals surface area contributed by atoms with Crippen LogP contribution >= 0.6 is 0 Å². The molecular formula is C24H40O4. The average molecular weight is 393 g/mol. The molecule has 0 aromatic rings. The molecular weight excluding hydrogens is 352 g/mol. The molecule has 160 valence electrons. The summed E-state index contributed by atoms with van der Waals surface area (Å²) in [5, 5.41) is 31.0. The Morgan fingerprint density at radius 1 is 0.929 bits per heavy atom. The number of carbonyl (C=O) groups is 1. The summed E-state index contributed by atoms with van der Waals surface area (Å²) in [5.41, 5.74) is 0.408. The van der Waals surface area contributed by atoms with E-state index in [1.807, 2.05) is 6.92 Å². The zero-order valence-electron chi connectivity index (χ0n) is 18.1. The third kappa shape index (κ3) is 2.88. The highest BCUT2D eigenvalue weighted by atomic mass is 16.4. The largest absolute Gasteiger partial charge is 0.481 e. The third-order valence-electron chi connectivity index (χ3n) is 10.5. The molecule has 28 heavy (non-hydrogen) atoms. The van der Waals surface area contributed by atoms with E-state index in [1.165, 1.54) is 0 Å². The summed E-state index contributed by atoms with van der Waals surface area (Å²) in [4.78, 5) is 11.6. The van der Waals surface area contributed by atoms with Gasteiger partial charge >= 0.3 is 5.97 Å². The summed E-state index contributed by atoms with van der Waals surface area (Å²) in [6.07, 6.45) is 7.81. The Labute approximate surface area is 170 Å². The van der Waals surface area contributed by atoms with E-state index in [1.54, 1.807) is 0 Å². The highest BCUT2D eigenvalue weighted by molar-refractivity contribution is 5.69. The van der Waals surface area contributed by atoms with Gasteiger partial charge in [0.2, 0.25) is 0 Å². The highest BCUT2D eigenvalue weighted by Crippen LogP contribution is 2.68. The van der Waals surface area contributed by atoms with Crippen LogP contribution in [0.5, 0.6) is 0 Å². The molecule has 11 atom stereocenters. The number of hydrogen-bond donors (Lipinski definition) is 3. The smallest absolute Gasteiger partial charge is 0.306 e. The van der Waals surface area contributed by atoms with Crippen LogP contribution < -0.4 is 0 Å². The molecule has 0 amide bonds. The second kappa shape index (κ2) is 6.97. The lowest BCUT2D eigenvalue weighted by Gasteiger charge is -2.62. The molecule has 1 unspecified atom stereocenters. The average Bonchev–Trinajstić information content (AvgIpc) is 2.99. The van der Waals surface area contributed by atoms with E-state index < -0.39 is 5.97 Å². The van der Waals surface area contributed by atoms with Crippen molar-refractivity contribution in [3.8, 4) is 0 Å². The van der Waals surface area contributed by atoms with E-state index in [0.717, 1.165) is 51.4 Å². The number of aliphatic hydroxyl groups excluding tert-OH is 2. The molecule has 0 heterocycles. The Morgan fingerprint density at radius 3 is 2.25 bits per heavy atom. The molecule has 0 spiro atoms. The Bertz CT molecular complexity index is 620. The summed E-state index contributed by atoms with van der Waals surface area (Å²) in [7, 11) is 0. The van der Waals surface area contributed by atoms with E-state index in [-0.39, 0.29) is 34.9 Å². The van der Waals surface area contributed by atoms with Crippen molar-refractivity contribution in [3.05, 3.63) is 0 Å². The zero-order chi connectivity index (χ0) is 20.4. The molecule has 0 radical (unpaired) electrons. The molecule has 0 aromatic heterocycles. The summed E-state index contributed by atoms with van der Waals surface area (Å²) in [5.74, 6) is 1.50. The van der Waals surface area contributed by atoms with Crippen molar-refractivity contribution in [3.63, 3.8) is 0 Å². The number of fused-ring (bicyclic) bond motifs is 5. The first kappa shape index (κ1) is 20.7. The minimum Gasteiger partial charge on any atom is -0.481 e. The van der Waals surface area contributed by atoms with Gasteiger partial charge in [-0.3, -0.25) is 4.79 Å². The molecule has 4 fully saturated rings. The number of rotatable bonds is 3. The molecule has 0 aromatic carbocycles. The second-order valence-electron chi connectivity index (χ2n) is 11.4. The number of aliphatic hydroxyl groups is 2. The molecule has 0 saturated heterocycles. The number of carboxylic acids is 1. The van der Waals surface area contributed by atoms with E-state index >= 15 is 0 Å². The molecule has 4 aliphatic rings. The van der Waals surface area contributed by atoms with Crippen molar-refractivity contribution in [2.24, 2.45) is 52.3 Å². The Morgan fingerprint density at radius 2 is 1.57 bits per heavy atom. The van der Waals surface area contributed by atoms with Crippen LogP contribution in [0.2, 0.25) is 0 Å². The van der Waals surface area contributed by atoms with Crippen LogP contribution in [-0.4, -0.2) is 33.5 Å². The Hall–Kier alpha value is -0.610. The van der Waals surface area contributed by atoms with Gasteiger partial charge in [0, 0.05) is 0 Å². The van der Waals surface area contributed by atoms with Crippen LogP contribution in [0.4, 0.5) is 0 Å². The van der Waals surface area contributed by atoms with Gasteiger partial charge in [0.05, 0.1) is 18.1 Å². The van der Waals surface area contributed by atoms with Gasteiger partial charge in [-0.15, -0.1) is 0 Å². The van der Waals surface area contributed by atoms with Gasteiger partial charge in [-0.25, -0.2) is 0 Å². The van der Waals surface area contributed by atoms with Gasteiger partial charge in [0.15, 0.2) is 0 Å². The van der Waals surface area contributed by atoms with Crippen LogP contribution in [0.3, 0.4) is 0 Å². The predicted molar refractivity (Wildman–Crippen MR) is 109 cm³/mol. The standard InChI is InChI=1S/C24H40O4/c1-13(14(2)22(27)28)17-5-6-18-21-19(8-10-24(17,18)4)23(3)9-7-16(25)11-15(23)12-20(21)26/h13-21,25-26H,5-12H2,1-4H3,(H,27,28)/t13-,14?,15+,16-,17-,18+,19+,20-,21+,23+,24-/m1/s1. The maximum atomic E-state index is 11.6. The lowest BCUT2D eigenvalue weighted by molar-refractivity contribution is -0.175. The molecule has 4 heteroatoms. The number of hydrogen-bond acceptors (Lipinski definition) is 3. The van der Waals surface area contributed by atoms with Gasteiger partial charge < -0.3 is 15.3 Å². The quantitative estimate of drug-likeness (QED) is 0.668. The van der Waals surface area contributed by atoms with Crippen LogP contribution in [0.1, 0.15) is 79.1 Å². The predicted octanol–water partition coefficient (Wildman–Crippen LogP) is 4.33. The topological polar surface area (TPSA) is 77.8 Å². The van der Waals surface area contributed by atoms with Crippen molar-refractivity contribution >= 4 is 5.97 Å². The Kier molecular flexibility index (Phi) is 5.14. The van der Waals surface area contributed by atoms with E-state index in [4.69, 9.17) is 0 Å². The molecule has 0 aliphatic heterocycles. The summed E-state index contributed by atoms with van der Waals surface area (Å²) in [6.45, 7) is 8.85. The van der Waals surface area contributed by atoms with Crippen LogP contribution in [0, 0.1) is 52.3 Å². The number of carboxylic acid groups (broad SMARTS) is 1. The SMILES string of the molecule is CC(C(=O)O)[C@@H](C)[C@H]1CC[C@H]2[C@@H]3[C@H](O)C[C@@H]4C[C@H](O)CC[C@]4(C)[C@H]3CC[C@]12C. The minimum absolute atomic E-state index is 0.155. The maximum absolute atomic E-state index is 11.6. The van der Waals surface area contributed by atoms with E-state index in [0.29, 0.717) is 29.6 Å². The first-order chi connectivity index (χ1) is 13.1. The maximum Gasteiger partial charge on any atom is 0.306 e. The molecule has 3 N–H and O–H groups in total. The van der Waals surface area contributed by atoms with Crippen molar-refractivity contribution < 1.29 is 20.1 Å². The van der Waals surface area contributed by atoms with Crippen LogP contribution in [-0.2, 0) is 4.79 Å². The molecule has 4 saturated carbocycles. The van der Waals surface area contributed by atoms with Crippen molar-refractivity contribution in [1.29, 1.82) is 0 Å². The highest BCUT2D eigenvalue weighted by Gasteiger charge is 2.63. The van der Waals surface area contributed by atoms with Crippen LogP contribution in [0.15, 0.2) is 0 Å². The van der Waals surface area contributed by atoms with Gasteiger partial charge in [-0.2, -0.15) is 0 Å². The van der Waals surface area contributed by atoms with Crippen molar-refractivity contribution in [2.75, 3.05) is 0 Å². The number of aliphatic carboxylic acids is 1. The second-order valence-corrected chi connectivity index (χ2v) is 11.4. The van der Waals surface area contributed by atoms with Gasteiger partial charge in [-0.05, 0) is 97.7 Å². The van der Waals surface area contributed by atoms with Gasteiger partial charge in [0.1, 0.15) is 0 Å². The van der Waals surface area contributed by atoms with Crippen molar-refractivity contribution in [2.45, 2.75) is 91.3 Å². The van der Waals surface area contributed by atoms with Gasteiger partial charge in [0.25, 0.3) is 0 Å². The molecule has 4 nitrogen and oxygen atoms in total. The van der Waals surface area contributed by atoms with Crippen molar-refractivity contribution in [1.82, 2.24) is 0 Å². The van der Waals surface area contributed by atoms with E-state index in [9.17, 15) is 20.1 Å². The molecule has 0 bridgehead atoms.